The summed E-state index contributed by atoms with van der Waals surface area (Å²) in [6.07, 6.45) is 7.03. The largest absolute Gasteiger partial charge is 0.444 e. The van der Waals surface area contributed by atoms with Crippen LogP contribution in [0.15, 0.2) is 0 Å². The molecule has 128 valence electrons. The first-order valence-corrected chi connectivity index (χ1v) is 8.89. The molecule has 0 aromatic heterocycles. The second-order valence-electron chi connectivity index (χ2n) is 8.84. The lowest BCUT2D eigenvalue weighted by molar-refractivity contribution is 0.00963. The van der Waals surface area contributed by atoms with Crippen LogP contribution in [0, 0.1) is 5.41 Å². The lowest BCUT2D eigenvalue weighted by Gasteiger charge is -2.37. The molecule has 2 aliphatic rings. The minimum Gasteiger partial charge on any atom is -0.444 e. The van der Waals surface area contributed by atoms with Crippen molar-refractivity contribution >= 4 is 6.09 Å². The van der Waals surface area contributed by atoms with E-state index in [-0.39, 0.29) is 12.1 Å². The molecule has 1 aliphatic carbocycles. The quantitative estimate of drug-likeness (QED) is 0.858. The second kappa shape index (κ2) is 6.77. The average molecular weight is 310 g/mol. The lowest BCUT2D eigenvalue weighted by atomic mass is 9.92. The van der Waals surface area contributed by atoms with Crippen LogP contribution in [0.4, 0.5) is 4.79 Å². The molecule has 22 heavy (non-hydrogen) atoms. The van der Waals surface area contributed by atoms with Gasteiger partial charge in [0.15, 0.2) is 0 Å². The number of nitrogens with one attached hydrogen (secondary N) is 1. The van der Waals surface area contributed by atoms with Crippen LogP contribution in [0.5, 0.6) is 0 Å². The predicted octanol–water partition coefficient (Wildman–Crippen LogP) is 3.94. The molecule has 1 amide bonds. The summed E-state index contributed by atoms with van der Waals surface area (Å²) in [5, 5.41) is 3.71. The molecule has 2 unspecified atom stereocenters. The van der Waals surface area contributed by atoms with Crippen molar-refractivity contribution in [3.63, 3.8) is 0 Å². The number of carbonyl (C=O) groups is 1. The number of piperidine rings is 1. The predicted molar refractivity (Wildman–Crippen MR) is 90.0 cm³/mol. The zero-order chi connectivity index (χ0) is 16.4. The molecule has 0 radical (unpaired) electrons. The van der Waals surface area contributed by atoms with E-state index in [1.165, 1.54) is 25.7 Å². The van der Waals surface area contributed by atoms with Crippen molar-refractivity contribution in [2.45, 2.75) is 90.8 Å². The lowest BCUT2D eigenvalue weighted by Crippen LogP contribution is -2.51. The minimum absolute atomic E-state index is 0.147. The van der Waals surface area contributed by atoms with E-state index in [0.717, 1.165) is 25.9 Å². The Kier molecular flexibility index (Phi) is 5.41. The van der Waals surface area contributed by atoms with E-state index in [2.05, 4.69) is 19.2 Å². The number of hydrogen-bond acceptors (Lipinski definition) is 3. The summed E-state index contributed by atoms with van der Waals surface area (Å²) < 4.78 is 5.57. The van der Waals surface area contributed by atoms with Crippen molar-refractivity contribution in [2.75, 3.05) is 13.1 Å². The molecule has 4 nitrogen and oxygen atoms in total. The number of likely N-dealkylation sites (tertiary alicyclic amines) is 1. The van der Waals surface area contributed by atoms with Gasteiger partial charge in [0, 0.05) is 25.2 Å². The fourth-order valence-electron chi connectivity index (χ4n) is 3.69. The molecule has 1 saturated carbocycles. The number of carbonyl (C=O) groups excluding carboxylic acids is 1. The number of nitrogens with zero attached hydrogens (tertiary/aromatic N) is 1. The van der Waals surface area contributed by atoms with E-state index in [1.807, 2.05) is 25.7 Å². The zero-order valence-corrected chi connectivity index (χ0v) is 15.1. The standard InChI is InChI=1S/C18H34N2O2/c1-17(2,3)22-16(21)20-11-7-6-8-15(20)13-19-14-9-10-18(4,5)12-14/h14-15,19H,6-13H2,1-5H3. The molecule has 1 saturated heterocycles. The molecule has 4 heteroatoms. The third-order valence-electron chi connectivity index (χ3n) is 4.87. The van der Waals surface area contributed by atoms with Crippen molar-refractivity contribution in [2.24, 2.45) is 5.41 Å². The Hall–Kier alpha value is -0.770. The molecular formula is C18H34N2O2. The topological polar surface area (TPSA) is 41.6 Å². The summed E-state index contributed by atoms with van der Waals surface area (Å²) in [6.45, 7) is 12.2. The van der Waals surface area contributed by atoms with Gasteiger partial charge in [-0.05, 0) is 64.7 Å². The van der Waals surface area contributed by atoms with Gasteiger partial charge in [-0.15, -0.1) is 0 Å². The highest BCUT2D eigenvalue weighted by atomic mass is 16.6. The molecule has 2 fully saturated rings. The Morgan fingerprint density at radius 3 is 2.59 bits per heavy atom. The average Bonchev–Trinajstić information content (AvgIpc) is 2.74. The minimum atomic E-state index is -0.415. The van der Waals surface area contributed by atoms with Crippen molar-refractivity contribution < 1.29 is 9.53 Å². The summed E-state index contributed by atoms with van der Waals surface area (Å²) in [5.74, 6) is 0. The summed E-state index contributed by atoms with van der Waals surface area (Å²) >= 11 is 0. The first-order valence-electron chi connectivity index (χ1n) is 8.89. The summed E-state index contributed by atoms with van der Waals surface area (Å²) in [5.41, 5.74) is 0.0526. The van der Waals surface area contributed by atoms with E-state index < -0.39 is 5.60 Å². The molecule has 2 atom stereocenters. The normalized spacial score (nSPS) is 28.7. The number of hydrogen-bond donors (Lipinski definition) is 1. The van der Waals surface area contributed by atoms with Gasteiger partial charge < -0.3 is 15.0 Å². The molecule has 1 N–H and O–H groups in total. The Morgan fingerprint density at radius 2 is 2.00 bits per heavy atom. The van der Waals surface area contributed by atoms with Gasteiger partial charge in [-0.1, -0.05) is 13.8 Å². The van der Waals surface area contributed by atoms with Gasteiger partial charge in [0.1, 0.15) is 5.60 Å². The van der Waals surface area contributed by atoms with Crippen LogP contribution < -0.4 is 5.32 Å². The number of amides is 1. The van der Waals surface area contributed by atoms with E-state index in [0.29, 0.717) is 11.5 Å². The van der Waals surface area contributed by atoms with Gasteiger partial charge in [-0.2, -0.15) is 0 Å². The Bertz CT molecular complexity index is 387. The highest BCUT2D eigenvalue weighted by Crippen LogP contribution is 2.37. The van der Waals surface area contributed by atoms with E-state index in [9.17, 15) is 4.79 Å². The van der Waals surface area contributed by atoms with Gasteiger partial charge >= 0.3 is 6.09 Å². The monoisotopic (exact) mass is 310 g/mol. The molecule has 2 rings (SSSR count). The molecule has 0 aromatic carbocycles. The summed E-state index contributed by atoms with van der Waals surface area (Å²) in [4.78, 5) is 14.3. The molecular weight excluding hydrogens is 276 g/mol. The third-order valence-corrected chi connectivity index (χ3v) is 4.87. The van der Waals surface area contributed by atoms with Gasteiger partial charge in [-0.25, -0.2) is 4.79 Å². The van der Waals surface area contributed by atoms with Crippen molar-refractivity contribution in [1.29, 1.82) is 0 Å². The van der Waals surface area contributed by atoms with E-state index in [4.69, 9.17) is 4.74 Å². The summed E-state index contributed by atoms with van der Waals surface area (Å²) in [7, 11) is 0. The first kappa shape index (κ1) is 17.6. The summed E-state index contributed by atoms with van der Waals surface area (Å²) in [6, 6.07) is 0.893. The van der Waals surface area contributed by atoms with Crippen molar-refractivity contribution in [1.82, 2.24) is 10.2 Å². The van der Waals surface area contributed by atoms with Gasteiger partial charge in [0.2, 0.25) is 0 Å². The maximum atomic E-state index is 12.4. The van der Waals surface area contributed by atoms with Crippen LogP contribution in [0.3, 0.4) is 0 Å². The molecule has 0 bridgehead atoms. The fraction of sp³-hybridized carbons (Fsp3) is 0.944. The fourth-order valence-corrected chi connectivity index (χ4v) is 3.69. The van der Waals surface area contributed by atoms with Crippen LogP contribution >= 0.6 is 0 Å². The molecule has 1 aliphatic heterocycles. The number of ether oxygens (including phenoxy) is 1. The van der Waals surface area contributed by atoms with Crippen LogP contribution in [0.1, 0.15) is 73.1 Å². The number of rotatable bonds is 3. The maximum Gasteiger partial charge on any atom is 0.410 e. The van der Waals surface area contributed by atoms with Crippen LogP contribution in [-0.4, -0.2) is 41.8 Å². The zero-order valence-electron chi connectivity index (χ0n) is 15.1. The van der Waals surface area contributed by atoms with Crippen LogP contribution in [0.25, 0.3) is 0 Å². The van der Waals surface area contributed by atoms with E-state index >= 15 is 0 Å². The SMILES string of the molecule is CC1(C)CCC(NCC2CCCCN2C(=O)OC(C)(C)C)C1. The van der Waals surface area contributed by atoms with Crippen LogP contribution in [-0.2, 0) is 4.74 Å². The Balaban J connectivity index is 1.86. The van der Waals surface area contributed by atoms with Gasteiger partial charge in [0.05, 0.1) is 0 Å². The van der Waals surface area contributed by atoms with Crippen LogP contribution in [0.2, 0.25) is 0 Å². The van der Waals surface area contributed by atoms with Crippen molar-refractivity contribution in [3.8, 4) is 0 Å². The third kappa shape index (κ3) is 5.15. The highest BCUT2D eigenvalue weighted by Gasteiger charge is 2.33. The second-order valence-corrected chi connectivity index (χ2v) is 8.84. The maximum absolute atomic E-state index is 12.4. The van der Waals surface area contributed by atoms with Gasteiger partial charge in [-0.3, -0.25) is 0 Å². The molecule has 0 spiro atoms. The Labute approximate surface area is 136 Å². The van der Waals surface area contributed by atoms with Gasteiger partial charge in [0.25, 0.3) is 0 Å². The van der Waals surface area contributed by atoms with Crippen molar-refractivity contribution in [3.05, 3.63) is 0 Å². The molecule has 1 heterocycles. The first-order chi connectivity index (χ1) is 10.2. The smallest absolute Gasteiger partial charge is 0.410 e. The Morgan fingerprint density at radius 1 is 1.27 bits per heavy atom. The molecule has 0 aromatic rings. The van der Waals surface area contributed by atoms with E-state index in [1.54, 1.807) is 0 Å². The highest BCUT2D eigenvalue weighted by molar-refractivity contribution is 5.68.